The molecule has 232 valence electrons. The maximum atomic E-state index is 10.7. The average molecular weight is 585 g/mol. The first-order valence-corrected chi connectivity index (χ1v) is 15.2. The SMILES string of the molecule is CO.Nc1ccc(N2CCC(N3CCOCC3)CC2)cc1.O=[N+]([O-])c1ccc(N2CCC(N3CCOCC3)CC2)cc1. The molecule has 0 spiro atoms. The minimum Gasteiger partial charge on any atom is -0.400 e. The first-order valence-electron chi connectivity index (χ1n) is 15.2. The normalized spacial score (nSPS) is 21.1. The second-order valence-electron chi connectivity index (χ2n) is 11.1. The van der Waals surface area contributed by atoms with Gasteiger partial charge < -0.3 is 30.1 Å². The maximum absolute atomic E-state index is 10.7. The van der Waals surface area contributed by atoms with E-state index >= 15 is 0 Å². The number of anilines is 3. The van der Waals surface area contributed by atoms with Crippen LogP contribution in [-0.2, 0) is 9.47 Å². The van der Waals surface area contributed by atoms with Gasteiger partial charge in [-0.15, -0.1) is 0 Å². The van der Waals surface area contributed by atoms with Crippen molar-refractivity contribution in [3.63, 3.8) is 0 Å². The first-order chi connectivity index (χ1) is 20.6. The van der Waals surface area contributed by atoms with Crippen molar-refractivity contribution in [1.29, 1.82) is 0 Å². The Hall–Kier alpha value is -2.96. The Morgan fingerprint density at radius 2 is 1.02 bits per heavy atom. The Morgan fingerprint density at radius 3 is 1.38 bits per heavy atom. The van der Waals surface area contributed by atoms with Crippen LogP contribution < -0.4 is 15.5 Å². The van der Waals surface area contributed by atoms with Crippen LogP contribution in [0.15, 0.2) is 48.5 Å². The molecule has 11 heteroatoms. The molecule has 4 aliphatic heterocycles. The van der Waals surface area contributed by atoms with Crippen LogP contribution >= 0.6 is 0 Å². The lowest BCUT2D eigenvalue weighted by Gasteiger charge is -2.40. The molecule has 11 nitrogen and oxygen atoms in total. The third-order valence-corrected chi connectivity index (χ3v) is 8.74. The fourth-order valence-electron chi connectivity index (χ4n) is 6.33. The van der Waals surface area contributed by atoms with Gasteiger partial charge >= 0.3 is 0 Å². The zero-order valence-electron chi connectivity index (χ0n) is 25.0. The minimum absolute atomic E-state index is 0.155. The maximum Gasteiger partial charge on any atom is 0.269 e. The smallest absolute Gasteiger partial charge is 0.269 e. The zero-order chi connectivity index (χ0) is 29.7. The molecular formula is C31H48N6O5. The van der Waals surface area contributed by atoms with Gasteiger partial charge in [0.25, 0.3) is 5.69 Å². The van der Waals surface area contributed by atoms with E-state index in [9.17, 15) is 10.1 Å². The first kappa shape index (κ1) is 32.0. The van der Waals surface area contributed by atoms with Crippen LogP contribution in [0.4, 0.5) is 22.7 Å². The third-order valence-electron chi connectivity index (χ3n) is 8.74. The molecule has 4 fully saturated rings. The van der Waals surface area contributed by atoms with E-state index in [-0.39, 0.29) is 10.6 Å². The summed E-state index contributed by atoms with van der Waals surface area (Å²) in [4.78, 5) is 20.3. The highest BCUT2D eigenvalue weighted by molar-refractivity contribution is 5.53. The molecule has 2 aromatic carbocycles. The molecule has 0 atom stereocenters. The van der Waals surface area contributed by atoms with E-state index in [0.29, 0.717) is 6.04 Å². The lowest BCUT2D eigenvalue weighted by atomic mass is 10.0. The Balaban J connectivity index is 0.000000183. The van der Waals surface area contributed by atoms with Crippen LogP contribution in [0.1, 0.15) is 25.7 Å². The van der Waals surface area contributed by atoms with Crippen molar-refractivity contribution in [3.8, 4) is 0 Å². The Kier molecular flexibility index (Phi) is 12.6. The molecule has 2 aromatic rings. The molecule has 0 unspecified atom stereocenters. The number of aliphatic hydroxyl groups excluding tert-OH is 1. The Morgan fingerprint density at radius 1 is 0.667 bits per heavy atom. The second-order valence-corrected chi connectivity index (χ2v) is 11.1. The van der Waals surface area contributed by atoms with E-state index in [2.05, 4.69) is 31.7 Å². The minimum atomic E-state index is -0.353. The number of nitro benzene ring substituents is 1. The number of nitrogen functional groups attached to an aromatic ring is 1. The van der Waals surface area contributed by atoms with Crippen LogP contribution in [0.3, 0.4) is 0 Å². The highest BCUT2D eigenvalue weighted by Gasteiger charge is 2.27. The summed E-state index contributed by atoms with van der Waals surface area (Å²) in [6.45, 7) is 12.1. The molecule has 0 aromatic heterocycles. The van der Waals surface area contributed by atoms with Gasteiger partial charge in [0, 0.05) is 101 Å². The number of nitro groups is 1. The summed E-state index contributed by atoms with van der Waals surface area (Å²) in [5.41, 5.74) is 9.12. The standard InChI is InChI=1S/C15H21N3O3.C15H23N3O.CH4O/c19-18(20)15-3-1-13(2-4-15)16-7-5-14(6-8-16)17-9-11-21-12-10-17;16-13-1-3-14(4-2-13)17-7-5-15(6-8-17)18-9-11-19-12-10-18;1-2/h1-4,14H,5-12H2;1-4,15H,5-12,16H2;2H,1H3. The van der Waals surface area contributed by atoms with Crippen molar-refractivity contribution in [2.45, 2.75) is 37.8 Å². The summed E-state index contributed by atoms with van der Waals surface area (Å²) in [6.07, 6.45) is 4.81. The number of aliphatic hydroxyl groups is 1. The number of benzene rings is 2. The van der Waals surface area contributed by atoms with Crippen LogP contribution in [-0.4, -0.2) is 118 Å². The molecular weight excluding hydrogens is 536 g/mol. The molecule has 4 aliphatic rings. The van der Waals surface area contributed by atoms with Gasteiger partial charge in [-0.2, -0.15) is 0 Å². The quantitative estimate of drug-likeness (QED) is 0.308. The number of piperidine rings is 2. The predicted molar refractivity (Wildman–Crippen MR) is 167 cm³/mol. The number of hydrogen-bond acceptors (Lipinski definition) is 10. The van der Waals surface area contributed by atoms with Crippen LogP contribution in [0.2, 0.25) is 0 Å². The third kappa shape index (κ3) is 9.02. The molecule has 0 bridgehead atoms. The zero-order valence-corrected chi connectivity index (χ0v) is 25.0. The van der Waals surface area contributed by atoms with E-state index in [4.69, 9.17) is 20.3 Å². The summed E-state index contributed by atoms with van der Waals surface area (Å²) < 4.78 is 10.8. The van der Waals surface area contributed by atoms with E-state index in [0.717, 1.165) is 116 Å². The number of nitrogens with two attached hydrogens (primary N) is 1. The fourth-order valence-corrected chi connectivity index (χ4v) is 6.33. The summed E-state index contributed by atoms with van der Waals surface area (Å²) >= 11 is 0. The summed E-state index contributed by atoms with van der Waals surface area (Å²) in [5, 5.41) is 17.7. The molecule has 6 rings (SSSR count). The highest BCUT2D eigenvalue weighted by Crippen LogP contribution is 2.26. The Labute approximate surface area is 249 Å². The van der Waals surface area contributed by atoms with Crippen molar-refractivity contribution in [1.82, 2.24) is 9.80 Å². The molecule has 0 radical (unpaired) electrons. The molecule has 4 heterocycles. The van der Waals surface area contributed by atoms with Gasteiger partial charge in [0.2, 0.25) is 0 Å². The van der Waals surface area contributed by atoms with Gasteiger partial charge in [-0.1, -0.05) is 0 Å². The van der Waals surface area contributed by atoms with Crippen LogP contribution in [0.5, 0.6) is 0 Å². The van der Waals surface area contributed by atoms with Gasteiger partial charge in [0.1, 0.15) is 0 Å². The molecule has 3 N–H and O–H groups in total. The topological polar surface area (TPSA) is 121 Å². The Bertz CT molecular complexity index is 1040. The molecule has 0 aliphatic carbocycles. The summed E-state index contributed by atoms with van der Waals surface area (Å²) in [7, 11) is 1.00. The van der Waals surface area contributed by atoms with Crippen molar-refractivity contribution >= 4 is 22.7 Å². The van der Waals surface area contributed by atoms with Crippen molar-refractivity contribution in [3.05, 3.63) is 58.6 Å². The average Bonchev–Trinajstić information content (AvgIpc) is 3.07. The van der Waals surface area contributed by atoms with Crippen molar-refractivity contribution in [2.75, 3.05) is 101 Å². The van der Waals surface area contributed by atoms with Crippen LogP contribution in [0, 0.1) is 10.1 Å². The lowest BCUT2D eigenvalue weighted by Crippen LogP contribution is -2.49. The number of rotatable bonds is 5. The van der Waals surface area contributed by atoms with Gasteiger partial charge in [-0.05, 0) is 62.1 Å². The number of hydrogen-bond donors (Lipinski definition) is 2. The van der Waals surface area contributed by atoms with E-state index in [1.165, 1.54) is 18.5 Å². The van der Waals surface area contributed by atoms with Gasteiger partial charge in [0.05, 0.1) is 31.4 Å². The van der Waals surface area contributed by atoms with Gasteiger partial charge in [-0.25, -0.2) is 0 Å². The molecule has 0 saturated carbocycles. The predicted octanol–water partition coefficient (Wildman–Crippen LogP) is 3.07. The van der Waals surface area contributed by atoms with E-state index in [1.54, 1.807) is 12.1 Å². The summed E-state index contributed by atoms with van der Waals surface area (Å²) in [6, 6.07) is 16.5. The number of non-ortho nitro benzene ring substituents is 1. The largest absolute Gasteiger partial charge is 0.400 e. The van der Waals surface area contributed by atoms with Gasteiger partial charge in [0.15, 0.2) is 0 Å². The number of nitrogens with zero attached hydrogens (tertiary/aromatic N) is 5. The molecule has 42 heavy (non-hydrogen) atoms. The van der Waals surface area contributed by atoms with E-state index in [1.807, 2.05) is 24.3 Å². The second kappa shape index (κ2) is 16.6. The monoisotopic (exact) mass is 584 g/mol. The van der Waals surface area contributed by atoms with E-state index < -0.39 is 0 Å². The van der Waals surface area contributed by atoms with Crippen LogP contribution in [0.25, 0.3) is 0 Å². The molecule has 4 saturated heterocycles. The highest BCUT2D eigenvalue weighted by atomic mass is 16.6. The lowest BCUT2D eigenvalue weighted by molar-refractivity contribution is -0.384. The van der Waals surface area contributed by atoms with Crippen molar-refractivity contribution < 1.29 is 19.5 Å². The van der Waals surface area contributed by atoms with Gasteiger partial charge in [-0.3, -0.25) is 19.9 Å². The number of ether oxygens (including phenoxy) is 2. The number of morpholine rings is 2. The summed E-state index contributed by atoms with van der Waals surface area (Å²) in [5.74, 6) is 0. The fraction of sp³-hybridized carbons (Fsp3) is 0.613. The molecule has 0 amide bonds. The van der Waals surface area contributed by atoms with Crippen molar-refractivity contribution in [2.24, 2.45) is 0 Å².